The predicted molar refractivity (Wildman–Crippen MR) is 129 cm³/mol. The van der Waals surface area contributed by atoms with E-state index in [-0.39, 0.29) is 52.8 Å². The fourth-order valence-electron chi connectivity index (χ4n) is 3.98. The van der Waals surface area contributed by atoms with Gasteiger partial charge in [-0.25, -0.2) is 9.18 Å². The van der Waals surface area contributed by atoms with Crippen molar-refractivity contribution in [3.8, 4) is 0 Å². The molecule has 0 atom stereocenters. The molecule has 2 aromatic carbocycles. The van der Waals surface area contributed by atoms with E-state index in [1.165, 1.54) is 40.8 Å². The Morgan fingerprint density at radius 2 is 1.92 bits per heavy atom. The van der Waals surface area contributed by atoms with Crippen LogP contribution in [-0.4, -0.2) is 56.4 Å². The molecule has 9 nitrogen and oxygen atoms in total. The van der Waals surface area contributed by atoms with E-state index in [1.54, 1.807) is 12.1 Å². The topological polar surface area (TPSA) is 122 Å². The summed E-state index contributed by atoms with van der Waals surface area (Å²) in [5.41, 5.74) is 0.440. The molecule has 1 aromatic heterocycles. The number of benzene rings is 2. The van der Waals surface area contributed by atoms with Crippen LogP contribution in [0, 0.1) is 11.7 Å². The second kappa shape index (κ2) is 10.4. The van der Waals surface area contributed by atoms with Gasteiger partial charge in [-0.05, 0) is 37.0 Å². The number of aromatic nitrogens is 2. The van der Waals surface area contributed by atoms with E-state index >= 15 is 0 Å². The number of fused-ring (bicyclic) bond motifs is 1. The highest BCUT2D eigenvalue weighted by molar-refractivity contribution is 6.30. The van der Waals surface area contributed by atoms with Crippen molar-refractivity contribution in [2.75, 3.05) is 13.1 Å². The van der Waals surface area contributed by atoms with E-state index < -0.39 is 29.4 Å². The predicted octanol–water partition coefficient (Wildman–Crippen LogP) is 3.28. The van der Waals surface area contributed by atoms with Gasteiger partial charge in [0.2, 0.25) is 11.8 Å². The molecule has 0 aliphatic heterocycles. The largest absolute Gasteiger partial charge is 0.478 e. The minimum atomic E-state index is -1.21. The first-order valence-corrected chi connectivity index (χ1v) is 11.7. The number of nitrogens with one attached hydrogen (secondary N) is 1. The van der Waals surface area contributed by atoms with Gasteiger partial charge < -0.3 is 15.3 Å². The molecule has 188 valence electrons. The van der Waals surface area contributed by atoms with Crippen LogP contribution in [0.2, 0.25) is 5.02 Å². The lowest BCUT2D eigenvalue weighted by Crippen LogP contribution is -2.43. The summed E-state index contributed by atoms with van der Waals surface area (Å²) >= 11 is 5.78. The lowest BCUT2D eigenvalue weighted by molar-refractivity contribution is -0.137. The highest BCUT2D eigenvalue weighted by atomic mass is 35.5. The maximum atomic E-state index is 14.1. The molecule has 0 radical (unpaired) electrons. The average molecular weight is 515 g/mol. The van der Waals surface area contributed by atoms with Gasteiger partial charge in [0.05, 0.1) is 22.6 Å². The Bertz CT molecular complexity index is 1370. The lowest BCUT2D eigenvalue weighted by atomic mass is 10.1. The van der Waals surface area contributed by atoms with Gasteiger partial charge in [0.15, 0.2) is 5.78 Å². The molecule has 2 N–H and O–H groups in total. The average Bonchev–Trinajstić information content (AvgIpc) is 3.58. The van der Waals surface area contributed by atoms with Crippen LogP contribution >= 0.6 is 11.6 Å². The van der Waals surface area contributed by atoms with Crippen molar-refractivity contribution in [3.05, 3.63) is 64.1 Å². The molecule has 2 amide bonds. The Hall–Kier alpha value is -3.79. The van der Waals surface area contributed by atoms with Crippen LogP contribution in [0.5, 0.6) is 0 Å². The van der Waals surface area contributed by atoms with Crippen LogP contribution in [0.4, 0.5) is 4.39 Å². The lowest BCUT2D eigenvalue weighted by Gasteiger charge is -2.22. The number of hydrogen-bond donors (Lipinski definition) is 2. The molecule has 36 heavy (non-hydrogen) atoms. The van der Waals surface area contributed by atoms with Crippen LogP contribution < -0.4 is 5.32 Å². The van der Waals surface area contributed by atoms with Crippen molar-refractivity contribution in [3.63, 3.8) is 0 Å². The number of ketones is 1. The molecule has 1 fully saturated rings. The second-order valence-corrected chi connectivity index (χ2v) is 9.18. The number of nitrogens with zero attached hydrogens (tertiary/aromatic N) is 3. The summed E-state index contributed by atoms with van der Waals surface area (Å²) in [5.74, 6) is -2.84. The first-order valence-electron chi connectivity index (χ1n) is 11.4. The van der Waals surface area contributed by atoms with Crippen LogP contribution in [0.3, 0.4) is 0 Å². The second-order valence-electron chi connectivity index (χ2n) is 8.77. The summed E-state index contributed by atoms with van der Waals surface area (Å²) in [6.45, 7) is 1.04. The molecule has 11 heteroatoms. The molecule has 3 aromatic rings. The Balaban J connectivity index is 1.52. The number of carboxylic acids is 1. The zero-order valence-electron chi connectivity index (χ0n) is 19.5. The van der Waals surface area contributed by atoms with Gasteiger partial charge in [0.1, 0.15) is 18.1 Å². The van der Waals surface area contributed by atoms with Crippen molar-refractivity contribution in [2.45, 2.75) is 32.9 Å². The molecule has 0 bridgehead atoms. The Morgan fingerprint density at radius 1 is 1.19 bits per heavy atom. The van der Waals surface area contributed by atoms with E-state index in [9.17, 15) is 28.7 Å². The van der Waals surface area contributed by atoms with Gasteiger partial charge in [-0.15, -0.1) is 0 Å². The zero-order valence-corrected chi connectivity index (χ0v) is 20.2. The van der Waals surface area contributed by atoms with E-state index in [2.05, 4.69) is 10.4 Å². The maximum Gasteiger partial charge on any atom is 0.336 e. The van der Waals surface area contributed by atoms with E-state index in [1.807, 2.05) is 0 Å². The molecule has 1 heterocycles. The first-order chi connectivity index (χ1) is 17.2. The van der Waals surface area contributed by atoms with Crippen molar-refractivity contribution in [1.29, 1.82) is 0 Å². The van der Waals surface area contributed by atoms with Gasteiger partial charge in [0, 0.05) is 31.0 Å². The molecule has 0 spiro atoms. The zero-order chi connectivity index (χ0) is 26.0. The molecule has 0 saturated heterocycles. The number of carbonyl (C=O) groups excluding carboxylic acids is 3. The Morgan fingerprint density at radius 3 is 2.58 bits per heavy atom. The monoisotopic (exact) mass is 514 g/mol. The molecule has 4 rings (SSSR count). The maximum absolute atomic E-state index is 14.1. The number of carbonyl (C=O) groups is 4. The molecule has 0 unspecified atom stereocenters. The quantitative estimate of drug-likeness (QED) is 0.400. The van der Waals surface area contributed by atoms with Gasteiger partial charge in [-0.3, -0.25) is 19.1 Å². The molecule has 1 aliphatic carbocycles. The van der Waals surface area contributed by atoms with Crippen molar-refractivity contribution in [1.82, 2.24) is 20.0 Å². The number of carboxylic acid groups (broad SMARTS) is 1. The molecular weight excluding hydrogens is 491 g/mol. The van der Waals surface area contributed by atoms with Crippen LogP contribution in [0.25, 0.3) is 10.9 Å². The van der Waals surface area contributed by atoms with Crippen molar-refractivity contribution < 1.29 is 28.7 Å². The third-order valence-electron chi connectivity index (χ3n) is 6.00. The van der Waals surface area contributed by atoms with E-state index in [4.69, 9.17) is 11.6 Å². The fraction of sp³-hybridized carbons (Fsp3) is 0.320. The van der Waals surface area contributed by atoms with Crippen LogP contribution in [-0.2, 0) is 22.7 Å². The number of halogens is 2. The van der Waals surface area contributed by atoms with Crippen molar-refractivity contribution in [2.24, 2.45) is 5.92 Å². The van der Waals surface area contributed by atoms with E-state index in [0.29, 0.717) is 12.1 Å². The highest BCUT2D eigenvalue weighted by Crippen LogP contribution is 2.30. The normalized spacial score (nSPS) is 13.0. The smallest absolute Gasteiger partial charge is 0.336 e. The van der Waals surface area contributed by atoms with Gasteiger partial charge in [0.25, 0.3) is 0 Å². The number of aromatic carboxylic acids is 1. The number of hydrogen-bond acceptors (Lipinski definition) is 5. The summed E-state index contributed by atoms with van der Waals surface area (Å²) in [6.07, 6.45) is 1.89. The fourth-order valence-corrected chi connectivity index (χ4v) is 4.17. The molecule has 1 aliphatic rings. The van der Waals surface area contributed by atoms with Gasteiger partial charge in [-0.1, -0.05) is 29.8 Å². The minimum absolute atomic E-state index is 0.0363. The third-order valence-corrected chi connectivity index (χ3v) is 6.29. The third kappa shape index (κ3) is 5.54. The van der Waals surface area contributed by atoms with Gasteiger partial charge in [-0.2, -0.15) is 5.10 Å². The number of amides is 2. The summed E-state index contributed by atoms with van der Waals surface area (Å²) in [6, 6.07) is 8.98. The number of Topliss-reactive ketones (excluding diaryl/α,β-unsaturated/α-hetero) is 1. The summed E-state index contributed by atoms with van der Waals surface area (Å²) in [4.78, 5) is 51.1. The van der Waals surface area contributed by atoms with Crippen LogP contribution in [0.15, 0.2) is 36.4 Å². The first kappa shape index (κ1) is 25.3. The van der Waals surface area contributed by atoms with E-state index in [0.717, 1.165) is 12.8 Å². The molecular formula is C25H24ClFN4O5. The Labute approximate surface area is 210 Å². The highest BCUT2D eigenvalue weighted by Gasteiger charge is 2.29. The van der Waals surface area contributed by atoms with Gasteiger partial charge >= 0.3 is 5.97 Å². The SMILES string of the molecule is CC(=O)c1nn(CC(=O)N(CC(=O)NCc2cccc(Cl)c2F)CC2CC2)c2cccc(C(=O)O)c12. The minimum Gasteiger partial charge on any atom is -0.478 e. The van der Waals surface area contributed by atoms with Crippen LogP contribution in [0.1, 0.15) is 46.2 Å². The van der Waals surface area contributed by atoms with Crippen molar-refractivity contribution >= 4 is 46.1 Å². The summed E-state index contributed by atoms with van der Waals surface area (Å²) < 4.78 is 15.4. The molecule has 1 saturated carbocycles. The standard InChI is InChI=1S/C25H24ClFN4O5/c1-14(32)24-22-17(25(35)36)5-3-7-19(22)31(29-24)13-21(34)30(11-15-8-9-15)12-20(33)28-10-16-4-2-6-18(26)23(16)27/h2-7,15H,8-13H2,1H3,(H,28,33)(H,35,36). The summed E-state index contributed by atoms with van der Waals surface area (Å²) in [7, 11) is 0. The Kier molecular flexibility index (Phi) is 7.35. The number of rotatable bonds is 10. The summed E-state index contributed by atoms with van der Waals surface area (Å²) in [5, 5.41) is 16.5.